The Morgan fingerprint density at radius 2 is 2.00 bits per heavy atom. The summed E-state index contributed by atoms with van der Waals surface area (Å²) in [5, 5.41) is 4.91. The molecule has 4 nitrogen and oxygen atoms in total. The molecular formula is C13H14F2N2O2. The number of hydrogen-bond acceptors (Lipinski definition) is 2. The minimum atomic E-state index is -0.936. The summed E-state index contributed by atoms with van der Waals surface area (Å²) in [6, 6.07) is 2.68. The van der Waals surface area contributed by atoms with Crippen LogP contribution in [0.2, 0.25) is 0 Å². The normalized spacial score (nSPS) is 9.79. The van der Waals surface area contributed by atoms with Crippen LogP contribution in [-0.2, 0) is 4.79 Å². The highest BCUT2D eigenvalue weighted by Crippen LogP contribution is 2.09. The van der Waals surface area contributed by atoms with Crippen LogP contribution in [0.4, 0.5) is 8.78 Å². The first kappa shape index (κ1) is 14.8. The van der Waals surface area contributed by atoms with Crippen LogP contribution >= 0.6 is 0 Å². The highest BCUT2D eigenvalue weighted by molar-refractivity contribution is 5.94. The second kappa shape index (κ2) is 7.25. The number of rotatable bonds is 6. The molecule has 0 heterocycles. The van der Waals surface area contributed by atoms with E-state index in [2.05, 4.69) is 17.2 Å². The van der Waals surface area contributed by atoms with E-state index in [0.29, 0.717) is 12.6 Å². The van der Waals surface area contributed by atoms with E-state index in [-0.39, 0.29) is 24.4 Å². The van der Waals surface area contributed by atoms with Crippen LogP contribution in [0.1, 0.15) is 16.8 Å². The Hall–Kier alpha value is -2.24. The SMILES string of the molecule is C=CCNC(=O)CCNC(=O)c1ccc(F)cc1F. The molecule has 1 aromatic carbocycles. The number of carbonyl (C=O) groups is 2. The predicted octanol–water partition coefficient (Wildman–Crippen LogP) is 1.39. The highest BCUT2D eigenvalue weighted by atomic mass is 19.1. The predicted molar refractivity (Wildman–Crippen MR) is 66.5 cm³/mol. The van der Waals surface area contributed by atoms with Gasteiger partial charge in [0, 0.05) is 25.6 Å². The van der Waals surface area contributed by atoms with Crippen LogP contribution in [-0.4, -0.2) is 24.9 Å². The Morgan fingerprint density at radius 3 is 2.63 bits per heavy atom. The maximum Gasteiger partial charge on any atom is 0.254 e. The zero-order valence-corrected chi connectivity index (χ0v) is 10.2. The van der Waals surface area contributed by atoms with Crippen LogP contribution in [0, 0.1) is 11.6 Å². The second-order valence-electron chi connectivity index (χ2n) is 3.72. The Balaban J connectivity index is 2.43. The van der Waals surface area contributed by atoms with Gasteiger partial charge in [-0.3, -0.25) is 9.59 Å². The summed E-state index contributed by atoms with van der Waals surface area (Å²) in [7, 11) is 0. The fourth-order valence-electron chi connectivity index (χ4n) is 1.33. The number of benzene rings is 1. The molecule has 0 radical (unpaired) electrons. The zero-order valence-electron chi connectivity index (χ0n) is 10.2. The van der Waals surface area contributed by atoms with E-state index < -0.39 is 17.5 Å². The summed E-state index contributed by atoms with van der Waals surface area (Å²) < 4.78 is 25.9. The van der Waals surface area contributed by atoms with Crippen LogP contribution in [0.15, 0.2) is 30.9 Å². The van der Waals surface area contributed by atoms with Gasteiger partial charge in [0.1, 0.15) is 11.6 Å². The molecule has 0 fully saturated rings. The Kier molecular flexibility index (Phi) is 5.66. The highest BCUT2D eigenvalue weighted by Gasteiger charge is 2.12. The minimum Gasteiger partial charge on any atom is -0.353 e. The molecule has 1 rings (SSSR count). The Bertz CT molecular complexity index is 490. The van der Waals surface area contributed by atoms with Gasteiger partial charge in [-0.2, -0.15) is 0 Å². The number of halogens is 2. The largest absolute Gasteiger partial charge is 0.353 e. The summed E-state index contributed by atoms with van der Waals surface area (Å²) in [6.45, 7) is 3.86. The van der Waals surface area contributed by atoms with Crippen molar-refractivity contribution in [3.05, 3.63) is 48.1 Å². The molecular weight excluding hydrogens is 254 g/mol. The molecule has 0 saturated heterocycles. The third-order valence-corrected chi connectivity index (χ3v) is 2.26. The molecule has 0 aliphatic heterocycles. The molecule has 0 aliphatic rings. The molecule has 0 spiro atoms. The third kappa shape index (κ3) is 4.87. The first-order chi connectivity index (χ1) is 9.04. The molecule has 0 bridgehead atoms. The van der Waals surface area contributed by atoms with Crippen molar-refractivity contribution in [2.75, 3.05) is 13.1 Å². The van der Waals surface area contributed by atoms with Gasteiger partial charge in [-0.15, -0.1) is 6.58 Å². The van der Waals surface area contributed by atoms with Crippen molar-refractivity contribution in [3.8, 4) is 0 Å². The van der Waals surface area contributed by atoms with Crippen LogP contribution in [0.5, 0.6) is 0 Å². The van der Waals surface area contributed by atoms with Gasteiger partial charge in [-0.05, 0) is 12.1 Å². The topological polar surface area (TPSA) is 58.2 Å². The van der Waals surface area contributed by atoms with E-state index in [1.807, 2.05) is 0 Å². The van der Waals surface area contributed by atoms with E-state index in [4.69, 9.17) is 0 Å². The molecule has 102 valence electrons. The molecule has 0 unspecified atom stereocenters. The van der Waals surface area contributed by atoms with Gasteiger partial charge >= 0.3 is 0 Å². The number of amides is 2. The third-order valence-electron chi connectivity index (χ3n) is 2.26. The van der Waals surface area contributed by atoms with Crippen LogP contribution < -0.4 is 10.6 Å². The fourth-order valence-corrected chi connectivity index (χ4v) is 1.33. The van der Waals surface area contributed by atoms with Crippen molar-refractivity contribution >= 4 is 11.8 Å². The van der Waals surface area contributed by atoms with Crippen molar-refractivity contribution in [3.63, 3.8) is 0 Å². The van der Waals surface area contributed by atoms with Gasteiger partial charge in [0.25, 0.3) is 5.91 Å². The lowest BCUT2D eigenvalue weighted by molar-refractivity contribution is -0.120. The standard InChI is InChI=1S/C13H14F2N2O2/c1-2-6-16-12(18)5-7-17-13(19)10-4-3-9(14)8-11(10)15/h2-4,8H,1,5-7H2,(H,16,18)(H,17,19). The Labute approximate surface area is 109 Å². The van der Waals surface area contributed by atoms with E-state index in [9.17, 15) is 18.4 Å². The number of hydrogen-bond donors (Lipinski definition) is 2. The van der Waals surface area contributed by atoms with Gasteiger partial charge in [0.15, 0.2) is 0 Å². The number of nitrogens with one attached hydrogen (secondary N) is 2. The first-order valence-corrected chi connectivity index (χ1v) is 5.65. The van der Waals surface area contributed by atoms with Crippen molar-refractivity contribution in [1.29, 1.82) is 0 Å². The molecule has 2 amide bonds. The molecule has 0 saturated carbocycles. The van der Waals surface area contributed by atoms with Crippen LogP contribution in [0.25, 0.3) is 0 Å². The van der Waals surface area contributed by atoms with Crippen molar-refractivity contribution in [2.45, 2.75) is 6.42 Å². The quantitative estimate of drug-likeness (QED) is 0.766. The summed E-state index contributed by atoms with van der Waals surface area (Å²) in [4.78, 5) is 22.7. The summed E-state index contributed by atoms with van der Waals surface area (Å²) in [5.41, 5.74) is -0.257. The number of carbonyl (C=O) groups excluding carboxylic acids is 2. The van der Waals surface area contributed by atoms with E-state index in [1.54, 1.807) is 0 Å². The van der Waals surface area contributed by atoms with Crippen LogP contribution in [0.3, 0.4) is 0 Å². The van der Waals surface area contributed by atoms with Crippen molar-refractivity contribution in [2.24, 2.45) is 0 Å². The monoisotopic (exact) mass is 268 g/mol. The maximum atomic E-state index is 13.3. The first-order valence-electron chi connectivity index (χ1n) is 5.65. The van der Waals surface area contributed by atoms with Gasteiger partial charge in [-0.25, -0.2) is 8.78 Å². The molecule has 6 heteroatoms. The van der Waals surface area contributed by atoms with E-state index in [1.165, 1.54) is 6.08 Å². The average molecular weight is 268 g/mol. The summed E-state index contributed by atoms with van der Waals surface area (Å²) >= 11 is 0. The molecule has 0 atom stereocenters. The van der Waals surface area contributed by atoms with Gasteiger partial charge in [-0.1, -0.05) is 6.08 Å². The van der Waals surface area contributed by atoms with Gasteiger partial charge in [0.05, 0.1) is 5.56 Å². The lowest BCUT2D eigenvalue weighted by atomic mass is 10.2. The Morgan fingerprint density at radius 1 is 1.26 bits per heavy atom. The lowest BCUT2D eigenvalue weighted by Gasteiger charge is -2.06. The lowest BCUT2D eigenvalue weighted by Crippen LogP contribution is -2.31. The molecule has 0 aromatic heterocycles. The average Bonchev–Trinajstić information content (AvgIpc) is 2.36. The molecule has 19 heavy (non-hydrogen) atoms. The molecule has 0 aliphatic carbocycles. The summed E-state index contributed by atoms with van der Waals surface area (Å²) in [6.07, 6.45) is 1.60. The molecule has 2 N–H and O–H groups in total. The van der Waals surface area contributed by atoms with Crippen molar-refractivity contribution < 1.29 is 18.4 Å². The minimum absolute atomic E-state index is 0.0681. The van der Waals surface area contributed by atoms with E-state index in [0.717, 1.165) is 12.1 Å². The fraction of sp³-hybridized carbons (Fsp3) is 0.231. The zero-order chi connectivity index (χ0) is 14.3. The smallest absolute Gasteiger partial charge is 0.254 e. The summed E-state index contributed by atoms with van der Waals surface area (Å²) in [5.74, 6) is -2.62. The van der Waals surface area contributed by atoms with E-state index >= 15 is 0 Å². The molecule has 1 aromatic rings. The second-order valence-corrected chi connectivity index (χ2v) is 3.72. The van der Waals surface area contributed by atoms with Crippen molar-refractivity contribution in [1.82, 2.24) is 10.6 Å². The van der Waals surface area contributed by atoms with Gasteiger partial charge < -0.3 is 10.6 Å². The maximum absolute atomic E-state index is 13.3. The van der Waals surface area contributed by atoms with Gasteiger partial charge in [0.2, 0.25) is 5.91 Å².